The van der Waals surface area contributed by atoms with Gasteiger partial charge in [-0.1, -0.05) is 24.0 Å². The van der Waals surface area contributed by atoms with Gasteiger partial charge in [-0.25, -0.2) is 0 Å². The molecule has 0 atom stereocenters. The zero-order valence-electron chi connectivity index (χ0n) is 7.87. The molecule has 0 unspecified atom stereocenters. The van der Waals surface area contributed by atoms with Crippen LogP contribution in [-0.4, -0.2) is 11.1 Å². The highest BCUT2D eigenvalue weighted by atomic mass is 16.4. The molecule has 0 aliphatic heterocycles. The largest absolute Gasteiger partial charge is 0.481 e. The summed E-state index contributed by atoms with van der Waals surface area (Å²) in [6, 6.07) is 5.48. The fourth-order valence-electron chi connectivity index (χ4n) is 1.07. The second kappa shape index (κ2) is 4.33. The number of aryl methyl sites for hydroxylation is 1. The standard InChI is InChI=1S/C11H11NO2/c1-8-4-2-6-10(12)9(8)5-3-7-11(13)14/h2,4,6H,7,12H2,1H3,(H,13,14). The minimum absolute atomic E-state index is 0.159. The lowest BCUT2D eigenvalue weighted by atomic mass is 10.1. The Bertz CT molecular complexity index is 393. The third-order valence-electron chi connectivity index (χ3n) is 1.76. The Morgan fingerprint density at radius 3 is 2.86 bits per heavy atom. The van der Waals surface area contributed by atoms with Crippen molar-refractivity contribution in [3.63, 3.8) is 0 Å². The van der Waals surface area contributed by atoms with Gasteiger partial charge in [0, 0.05) is 5.69 Å². The van der Waals surface area contributed by atoms with Crippen molar-refractivity contribution >= 4 is 11.7 Å². The molecule has 0 saturated heterocycles. The first-order valence-electron chi connectivity index (χ1n) is 4.17. The van der Waals surface area contributed by atoms with Gasteiger partial charge in [0.25, 0.3) is 0 Å². The van der Waals surface area contributed by atoms with Crippen molar-refractivity contribution in [2.24, 2.45) is 0 Å². The maximum atomic E-state index is 10.2. The number of anilines is 1. The van der Waals surface area contributed by atoms with Crippen LogP contribution in [0.1, 0.15) is 17.5 Å². The van der Waals surface area contributed by atoms with Gasteiger partial charge in [0.1, 0.15) is 6.42 Å². The Labute approximate surface area is 82.6 Å². The van der Waals surface area contributed by atoms with E-state index in [1.165, 1.54) is 0 Å². The van der Waals surface area contributed by atoms with E-state index in [0.717, 1.165) is 5.56 Å². The predicted molar refractivity (Wildman–Crippen MR) is 54.7 cm³/mol. The molecule has 3 N–H and O–H groups in total. The van der Waals surface area contributed by atoms with E-state index in [-0.39, 0.29) is 6.42 Å². The lowest BCUT2D eigenvalue weighted by Crippen LogP contribution is -1.94. The molecule has 3 heteroatoms. The fourth-order valence-corrected chi connectivity index (χ4v) is 1.07. The van der Waals surface area contributed by atoms with Crippen molar-refractivity contribution in [2.75, 3.05) is 5.73 Å². The average Bonchev–Trinajstić information content (AvgIpc) is 2.09. The first kappa shape index (κ1) is 10.1. The predicted octanol–water partition coefficient (Wildman–Crippen LogP) is 1.40. The van der Waals surface area contributed by atoms with Crippen molar-refractivity contribution in [3.05, 3.63) is 29.3 Å². The van der Waals surface area contributed by atoms with E-state index in [0.29, 0.717) is 11.3 Å². The number of carboxylic acid groups (broad SMARTS) is 1. The minimum Gasteiger partial charge on any atom is -0.481 e. The molecule has 72 valence electrons. The number of nitrogen functional groups attached to an aromatic ring is 1. The molecule has 0 aromatic heterocycles. The molecule has 0 bridgehead atoms. The lowest BCUT2D eigenvalue weighted by Gasteiger charge is -2.00. The second-order valence-electron chi connectivity index (χ2n) is 2.91. The number of benzene rings is 1. The van der Waals surface area contributed by atoms with Gasteiger partial charge in [0.05, 0.1) is 5.56 Å². The Morgan fingerprint density at radius 1 is 1.57 bits per heavy atom. The van der Waals surface area contributed by atoms with Crippen LogP contribution in [0.3, 0.4) is 0 Å². The van der Waals surface area contributed by atoms with Gasteiger partial charge in [-0.2, -0.15) is 0 Å². The molecule has 0 spiro atoms. The molecule has 0 fully saturated rings. The van der Waals surface area contributed by atoms with Crippen molar-refractivity contribution in [1.29, 1.82) is 0 Å². The summed E-state index contributed by atoms with van der Waals surface area (Å²) in [5.41, 5.74) is 7.95. The van der Waals surface area contributed by atoms with E-state index < -0.39 is 5.97 Å². The average molecular weight is 189 g/mol. The number of carboxylic acids is 1. The second-order valence-corrected chi connectivity index (χ2v) is 2.91. The maximum absolute atomic E-state index is 10.2. The van der Waals surface area contributed by atoms with Crippen LogP contribution >= 0.6 is 0 Å². The molecule has 14 heavy (non-hydrogen) atoms. The van der Waals surface area contributed by atoms with Gasteiger partial charge in [0.15, 0.2) is 0 Å². The quantitative estimate of drug-likeness (QED) is 0.518. The Hall–Kier alpha value is -1.95. The molecular formula is C11H11NO2. The highest BCUT2D eigenvalue weighted by Crippen LogP contribution is 2.14. The Balaban J connectivity index is 2.94. The van der Waals surface area contributed by atoms with E-state index in [9.17, 15) is 4.79 Å². The van der Waals surface area contributed by atoms with Gasteiger partial charge >= 0.3 is 5.97 Å². The van der Waals surface area contributed by atoms with E-state index >= 15 is 0 Å². The fraction of sp³-hybridized carbons (Fsp3) is 0.182. The van der Waals surface area contributed by atoms with Crippen molar-refractivity contribution in [3.8, 4) is 11.8 Å². The summed E-state index contributed by atoms with van der Waals surface area (Å²) in [5, 5.41) is 8.40. The highest BCUT2D eigenvalue weighted by Gasteiger charge is 1.98. The van der Waals surface area contributed by atoms with Crippen LogP contribution in [0, 0.1) is 18.8 Å². The van der Waals surface area contributed by atoms with Crippen LogP contribution < -0.4 is 5.73 Å². The van der Waals surface area contributed by atoms with Crippen LogP contribution in [0.2, 0.25) is 0 Å². The summed E-state index contributed by atoms with van der Waals surface area (Å²) >= 11 is 0. The number of hydrogen-bond acceptors (Lipinski definition) is 2. The summed E-state index contributed by atoms with van der Waals surface area (Å²) in [4.78, 5) is 10.2. The van der Waals surface area contributed by atoms with E-state index in [1.54, 1.807) is 6.07 Å². The van der Waals surface area contributed by atoms with Crippen LogP contribution in [0.15, 0.2) is 18.2 Å². The summed E-state index contributed by atoms with van der Waals surface area (Å²) < 4.78 is 0. The first-order valence-corrected chi connectivity index (χ1v) is 4.17. The molecule has 1 rings (SSSR count). The minimum atomic E-state index is -0.926. The summed E-state index contributed by atoms with van der Waals surface area (Å²) in [6.45, 7) is 1.89. The van der Waals surface area contributed by atoms with Gasteiger partial charge in [-0.3, -0.25) is 4.79 Å². The summed E-state index contributed by atoms with van der Waals surface area (Å²) in [5.74, 6) is 4.38. The molecule has 0 aliphatic rings. The number of nitrogens with two attached hydrogens (primary N) is 1. The van der Waals surface area contributed by atoms with Gasteiger partial charge in [-0.05, 0) is 18.6 Å². The number of aliphatic carboxylic acids is 1. The van der Waals surface area contributed by atoms with Crippen LogP contribution in [0.5, 0.6) is 0 Å². The van der Waals surface area contributed by atoms with Gasteiger partial charge in [-0.15, -0.1) is 0 Å². The molecule has 0 heterocycles. The van der Waals surface area contributed by atoms with Gasteiger partial charge < -0.3 is 10.8 Å². The Morgan fingerprint density at radius 2 is 2.29 bits per heavy atom. The van der Waals surface area contributed by atoms with Crippen LogP contribution in [0.25, 0.3) is 0 Å². The topological polar surface area (TPSA) is 63.3 Å². The van der Waals surface area contributed by atoms with E-state index in [1.807, 2.05) is 19.1 Å². The number of rotatable bonds is 1. The molecule has 0 saturated carbocycles. The molecule has 0 aliphatic carbocycles. The smallest absolute Gasteiger partial charge is 0.315 e. The Kier molecular flexibility index (Phi) is 3.14. The van der Waals surface area contributed by atoms with E-state index in [4.69, 9.17) is 10.8 Å². The van der Waals surface area contributed by atoms with Gasteiger partial charge in [0.2, 0.25) is 0 Å². The molecule has 1 aromatic rings. The van der Waals surface area contributed by atoms with Crippen LogP contribution in [-0.2, 0) is 4.79 Å². The van der Waals surface area contributed by atoms with Crippen LogP contribution in [0.4, 0.5) is 5.69 Å². The summed E-state index contributed by atoms with van der Waals surface area (Å²) in [6.07, 6.45) is -0.159. The van der Waals surface area contributed by atoms with E-state index in [2.05, 4.69) is 11.8 Å². The monoisotopic (exact) mass is 189 g/mol. The molecular weight excluding hydrogens is 178 g/mol. The zero-order chi connectivity index (χ0) is 10.6. The lowest BCUT2D eigenvalue weighted by molar-refractivity contribution is -0.135. The first-order chi connectivity index (χ1) is 6.61. The molecule has 0 radical (unpaired) electrons. The maximum Gasteiger partial charge on any atom is 0.315 e. The third kappa shape index (κ3) is 2.53. The number of carbonyl (C=O) groups is 1. The summed E-state index contributed by atoms with van der Waals surface area (Å²) in [7, 11) is 0. The number of hydrogen-bond donors (Lipinski definition) is 2. The SMILES string of the molecule is Cc1cccc(N)c1C#CCC(=O)O. The zero-order valence-corrected chi connectivity index (χ0v) is 7.87. The van der Waals surface area contributed by atoms with Crippen molar-refractivity contribution in [1.82, 2.24) is 0 Å². The molecule has 3 nitrogen and oxygen atoms in total. The normalized spacial score (nSPS) is 8.93. The van der Waals surface area contributed by atoms with Crippen molar-refractivity contribution in [2.45, 2.75) is 13.3 Å². The third-order valence-corrected chi connectivity index (χ3v) is 1.76. The molecule has 1 aromatic carbocycles. The van der Waals surface area contributed by atoms with Crippen molar-refractivity contribution < 1.29 is 9.90 Å². The molecule has 0 amide bonds. The highest BCUT2D eigenvalue weighted by molar-refractivity contribution is 5.70.